The number of aromatic nitrogens is 1. The van der Waals surface area contributed by atoms with E-state index in [1.807, 2.05) is 0 Å². The van der Waals surface area contributed by atoms with Crippen molar-refractivity contribution < 1.29 is 26.4 Å². The third-order valence-electron chi connectivity index (χ3n) is 3.46. The molecule has 6 nitrogen and oxygen atoms in total. The summed E-state index contributed by atoms with van der Waals surface area (Å²) < 4.78 is 63.5. The van der Waals surface area contributed by atoms with Crippen LogP contribution in [0.2, 0.25) is 0 Å². The fourth-order valence-corrected chi connectivity index (χ4v) is 3.86. The van der Waals surface area contributed by atoms with Crippen molar-refractivity contribution in [2.75, 3.05) is 17.6 Å². The number of alkyl halides is 3. The van der Waals surface area contributed by atoms with Gasteiger partial charge in [-0.15, -0.1) is 6.58 Å². The van der Waals surface area contributed by atoms with Crippen molar-refractivity contribution in [3.63, 3.8) is 0 Å². The number of rotatable bonds is 9. The topological polar surface area (TPSA) is 88.2 Å². The van der Waals surface area contributed by atoms with Gasteiger partial charge in [-0.1, -0.05) is 30.0 Å². The molecule has 2 aromatic rings. The number of pyridine rings is 1. The first-order valence-electron chi connectivity index (χ1n) is 8.22. The fourth-order valence-electron chi connectivity index (χ4n) is 2.11. The minimum absolute atomic E-state index is 0.0417. The monoisotopic (exact) mass is 445 g/mol. The molecule has 2 N–H and O–H groups in total. The Balaban J connectivity index is 1.85. The molecule has 0 atom stereocenters. The molecule has 0 saturated carbocycles. The first-order chi connectivity index (χ1) is 13.6. The highest BCUT2D eigenvalue weighted by molar-refractivity contribution is 7.99. The predicted molar refractivity (Wildman–Crippen MR) is 106 cm³/mol. The molecule has 0 aliphatic heterocycles. The van der Waals surface area contributed by atoms with Gasteiger partial charge in [0.1, 0.15) is 0 Å². The second-order valence-electron chi connectivity index (χ2n) is 5.81. The third-order valence-corrected chi connectivity index (χ3v) is 5.72. The second-order valence-corrected chi connectivity index (χ2v) is 8.62. The zero-order valence-electron chi connectivity index (χ0n) is 15.1. The molecule has 1 aromatic carbocycles. The zero-order chi connectivity index (χ0) is 21.5. The van der Waals surface area contributed by atoms with E-state index in [-0.39, 0.29) is 24.0 Å². The summed E-state index contributed by atoms with van der Waals surface area (Å²) in [5, 5.41) is 2.92. The lowest BCUT2D eigenvalue weighted by Crippen LogP contribution is -2.25. The van der Waals surface area contributed by atoms with Crippen LogP contribution in [0, 0.1) is 0 Å². The molecule has 1 amide bonds. The van der Waals surface area contributed by atoms with Crippen LogP contribution >= 0.6 is 11.8 Å². The lowest BCUT2D eigenvalue weighted by atomic mass is 10.2. The molecule has 0 spiro atoms. The van der Waals surface area contributed by atoms with Gasteiger partial charge in [0, 0.05) is 18.4 Å². The maximum absolute atomic E-state index is 12.5. The van der Waals surface area contributed by atoms with E-state index < -0.39 is 21.8 Å². The van der Waals surface area contributed by atoms with E-state index in [9.17, 15) is 26.4 Å². The molecule has 29 heavy (non-hydrogen) atoms. The molecule has 0 radical (unpaired) electrons. The second kappa shape index (κ2) is 9.90. The lowest BCUT2D eigenvalue weighted by molar-refractivity contribution is -0.137. The summed E-state index contributed by atoms with van der Waals surface area (Å²) in [6, 6.07) is 8.40. The Morgan fingerprint density at radius 3 is 2.41 bits per heavy atom. The van der Waals surface area contributed by atoms with Crippen molar-refractivity contribution >= 4 is 33.4 Å². The van der Waals surface area contributed by atoms with E-state index in [0.29, 0.717) is 16.3 Å². The third kappa shape index (κ3) is 7.87. The van der Waals surface area contributed by atoms with Gasteiger partial charge in [-0.2, -0.15) is 13.2 Å². The van der Waals surface area contributed by atoms with Gasteiger partial charge in [0.05, 0.1) is 22.1 Å². The molecule has 1 heterocycles. The number of halogens is 3. The van der Waals surface area contributed by atoms with Gasteiger partial charge < -0.3 is 5.32 Å². The van der Waals surface area contributed by atoms with E-state index in [1.54, 1.807) is 24.3 Å². The maximum Gasteiger partial charge on any atom is 0.417 e. The Kier molecular flexibility index (Phi) is 7.82. The summed E-state index contributed by atoms with van der Waals surface area (Å²) in [5.74, 6) is -0.616. The number of thioether (sulfide) groups is 1. The van der Waals surface area contributed by atoms with E-state index in [0.717, 1.165) is 24.0 Å². The highest BCUT2D eigenvalue weighted by atomic mass is 32.2. The zero-order valence-corrected chi connectivity index (χ0v) is 16.7. The Bertz CT molecular complexity index is 945. The Morgan fingerprint density at radius 1 is 1.17 bits per heavy atom. The minimum Gasteiger partial charge on any atom is -0.325 e. The average molecular weight is 445 g/mol. The molecule has 2 rings (SSSR count). The summed E-state index contributed by atoms with van der Waals surface area (Å²) in [6.07, 6.45) is -2.30. The van der Waals surface area contributed by atoms with Crippen molar-refractivity contribution in [3.05, 3.63) is 66.4 Å². The van der Waals surface area contributed by atoms with Gasteiger partial charge in [0.25, 0.3) is 0 Å². The number of carbonyl (C=O) groups excluding carboxylic acids is 1. The number of hydrogen-bond donors (Lipinski definition) is 2. The van der Waals surface area contributed by atoms with E-state index >= 15 is 0 Å². The molecule has 0 saturated heterocycles. The van der Waals surface area contributed by atoms with E-state index in [2.05, 4.69) is 21.6 Å². The molecule has 0 fully saturated rings. The van der Waals surface area contributed by atoms with E-state index in [4.69, 9.17) is 0 Å². The summed E-state index contributed by atoms with van der Waals surface area (Å²) in [4.78, 5) is 15.7. The van der Waals surface area contributed by atoms with Crippen LogP contribution in [0.1, 0.15) is 11.1 Å². The lowest BCUT2D eigenvalue weighted by Gasteiger charge is -2.08. The summed E-state index contributed by atoms with van der Waals surface area (Å²) >= 11 is 1.000. The standard InChI is InChI=1S/C18H18F3N3O3S2/c1-2-9-23-29(26,27)12-13-3-6-15(7-4-13)24-16(25)11-28-17-8-5-14(10-22-17)18(19,20)21/h2-8,10,23H,1,9,11-12H2,(H,24,25). The maximum atomic E-state index is 12.5. The number of carbonyl (C=O) groups is 1. The number of amides is 1. The molecule has 156 valence electrons. The predicted octanol–water partition coefficient (Wildman–Crippen LogP) is 3.44. The van der Waals surface area contributed by atoms with Crippen LogP contribution in [-0.4, -0.2) is 31.6 Å². The van der Waals surface area contributed by atoms with Gasteiger partial charge in [0.15, 0.2) is 0 Å². The van der Waals surface area contributed by atoms with Crippen LogP contribution in [0.3, 0.4) is 0 Å². The minimum atomic E-state index is -4.46. The van der Waals surface area contributed by atoms with Gasteiger partial charge >= 0.3 is 6.18 Å². The highest BCUT2D eigenvalue weighted by Crippen LogP contribution is 2.29. The molecule has 0 unspecified atom stereocenters. The van der Waals surface area contributed by atoms with Crippen LogP contribution in [0.4, 0.5) is 18.9 Å². The molecule has 11 heteroatoms. The van der Waals surface area contributed by atoms with E-state index in [1.165, 1.54) is 12.1 Å². The molecular formula is C18H18F3N3O3S2. The van der Waals surface area contributed by atoms with Crippen LogP contribution in [-0.2, 0) is 26.7 Å². The molecule has 0 aliphatic carbocycles. The van der Waals surface area contributed by atoms with Gasteiger partial charge in [0.2, 0.25) is 15.9 Å². The van der Waals surface area contributed by atoms with Crippen LogP contribution in [0.15, 0.2) is 60.3 Å². The Labute approximate surface area is 170 Å². The van der Waals surface area contributed by atoms with Crippen molar-refractivity contribution in [1.82, 2.24) is 9.71 Å². The quantitative estimate of drug-likeness (QED) is 0.456. The number of anilines is 1. The number of sulfonamides is 1. The first kappa shape index (κ1) is 22.9. The Hall–Kier alpha value is -2.37. The van der Waals surface area contributed by atoms with Crippen LogP contribution < -0.4 is 10.0 Å². The first-order valence-corrected chi connectivity index (χ1v) is 10.9. The molecule has 0 bridgehead atoms. The number of hydrogen-bond acceptors (Lipinski definition) is 5. The van der Waals surface area contributed by atoms with Gasteiger partial charge in [-0.25, -0.2) is 18.1 Å². The molecular weight excluding hydrogens is 427 g/mol. The SMILES string of the molecule is C=CCNS(=O)(=O)Cc1ccc(NC(=O)CSc2ccc(C(F)(F)F)cn2)cc1. The van der Waals surface area contributed by atoms with Crippen molar-refractivity contribution in [3.8, 4) is 0 Å². The molecule has 0 aliphatic rings. The summed E-state index contributed by atoms with van der Waals surface area (Å²) in [6.45, 7) is 3.58. The number of benzene rings is 1. The van der Waals surface area contributed by atoms with Gasteiger partial charge in [-0.3, -0.25) is 4.79 Å². The van der Waals surface area contributed by atoms with Crippen LogP contribution in [0.25, 0.3) is 0 Å². The van der Waals surface area contributed by atoms with Crippen molar-refractivity contribution in [2.24, 2.45) is 0 Å². The highest BCUT2D eigenvalue weighted by Gasteiger charge is 2.30. The smallest absolute Gasteiger partial charge is 0.325 e. The van der Waals surface area contributed by atoms with Crippen molar-refractivity contribution in [1.29, 1.82) is 0 Å². The largest absolute Gasteiger partial charge is 0.417 e. The number of nitrogens with one attached hydrogen (secondary N) is 2. The fraction of sp³-hybridized carbons (Fsp3) is 0.222. The summed E-state index contributed by atoms with van der Waals surface area (Å²) in [7, 11) is -3.47. The number of nitrogens with zero attached hydrogens (tertiary/aromatic N) is 1. The van der Waals surface area contributed by atoms with Crippen LogP contribution in [0.5, 0.6) is 0 Å². The van der Waals surface area contributed by atoms with Crippen molar-refractivity contribution in [2.45, 2.75) is 17.0 Å². The van der Waals surface area contributed by atoms with Gasteiger partial charge in [-0.05, 0) is 29.8 Å². The summed E-state index contributed by atoms with van der Waals surface area (Å²) in [5.41, 5.74) is 0.159. The normalized spacial score (nSPS) is 11.8. The Morgan fingerprint density at radius 2 is 1.86 bits per heavy atom. The average Bonchev–Trinajstić information content (AvgIpc) is 2.66. The molecule has 1 aromatic heterocycles.